The number of hydrogen-bond acceptors (Lipinski definition) is 6. The van der Waals surface area contributed by atoms with Crippen LogP contribution in [-0.2, 0) is 10.3 Å². The van der Waals surface area contributed by atoms with Crippen LogP contribution in [0.4, 0.5) is 4.39 Å². The molecule has 0 radical (unpaired) electrons. The fraction of sp³-hybridized carbons (Fsp3) is 0.423. The third-order valence-corrected chi connectivity index (χ3v) is 7.07. The first-order valence-corrected chi connectivity index (χ1v) is 12.2. The zero-order valence-electron chi connectivity index (χ0n) is 20.4. The lowest BCUT2D eigenvalue weighted by molar-refractivity contribution is -0.115. The Morgan fingerprint density at radius 3 is 2.61 bits per heavy atom. The van der Waals surface area contributed by atoms with Crippen molar-refractivity contribution in [1.82, 2.24) is 19.9 Å². The maximum Gasteiger partial charge on any atom is 0.287 e. The largest absolute Gasteiger partial charge is 0.379 e. The Bertz CT molecular complexity index is 1300. The van der Waals surface area contributed by atoms with Crippen molar-refractivity contribution < 1.29 is 9.18 Å². The van der Waals surface area contributed by atoms with Crippen molar-refractivity contribution in [2.45, 2.75) is 63.3 Å². The van der Waals surface area contributed by atoms with Crippen LogP contribution >= 0.6 is 0 Å². The van der Waals surface area contributed by atoms with Gasteiger partial charge < -0.3 is 11.1 Å². The molecule has 2 heterocycles. The van der Waals surface area contributed by atoms with Crippen molar-refractivity contribution in [3.05, 3.63) is 64.5 Å². The van der Waals surface area contributed by atoms with Crippen molar-refractivity contribution in [3.8, 4) is 11.1 Å². The van der Waals surface area contributed by atoms with E-state index in [-0.39, 0.29) is 23.5 Å². The molecule has 3 aliphatic rings. The summed E-state index contributed by atoms with van der Waals surface area (Å²) in [7, 11) is 0. The molecule has 188 valence electrons. The molecule has 1 aliphatic heterocycles. The van der Waals surface area contributed by atoms with Crippen molar-refractivity contribution in [1.29, 1.82) is 0 Å². The first-order chi connectivity index (χ1) is 17.3. The maximum absolute atomic E-state index is 13.3. The molecular weight excluding hydrogens is 461 g/mol. The van der Waals surface area contributed by atoms with Gasteiger partial charge in [-0.25, -0.2) is 14.4 Å². The van der Waals surface area contributed by atoms with Crippen molar-refractivity contribution >= 4 is 18.0 Å². The predicted octanol–water partition coefficient (Wildman–Crippen LogP) is 2.64. The number of amidine groups is 1. The minimum atomic E-state index is -0.850. The van der Waals surface area contributed by atoms with Crippen molar-refractivity contribution in [2.75, 3.05) is 6.54 Å². The number of aromatic nitrogens is 2. The Morgan fingerprint density at radius 1 is 1.28 bits per heavy atom. The zero-order valence-corrected chi connectivity index (χ0v) is 20.4. The highest BCUT2D eigenvalue weighted by Gasteiger charge is 2.46. The second-order valence-electron chi connectivity index (χ2n) is 10.0. The van der Waals surface area contributed by atoms with Crippen molar-refractivity contribution in [3.63, 3.8) is 0 Å². The Labute approximate surface area is 208 Å². The number of rotatable bonds is 6. The quantitative estimate of drug-likeness (QED) is 0.476. The standard InChI is InChI=1S/C26H30FN7O2/c1-16(2)34-14-17(12-31-34)11-30-23(28)24(35)32-26(7-8-26)19-5-3-18(4-6-19)22-13-29-15-33(25(22)36)21-9-20(27)10-21/h3-6,11-13,15-16,20-21H,7-10,14H2,1-2H3,(H2,28,30)(H,32,35)/b17-11-. The molecule has 9 nitrogen and oxygen atoms in total. The van der Waals surface area contributed by atoms with E-state index in [9.17, 15) is 14.0 Å². The van der Waals surface area contributed by atoms with E-state index in [2.05, 4.69) is 34.2 Å². The first kappa shape index (κ1) is 23.9. The molecular formula is C26H30FN7O2. The highest BCUT2D eigenvalue weighted by Crippen LogP contribution is 2.45. The van der Waals surface area contributed by atoms with Gasteiger partial charge in [0.05, 0.1) is 30.2 Å². The van der Waals surface area contributed by atoms with E-state index in [4.69, 9.17) is 5.73 Å². The van der Waals surface area contributed by atoms with E-state index in [1.807, 2.05) is 29.3 Å². The minimum absolute atomic E-state index is 0.107. The van der Waals surface area contributed by atoms with Gasteiger partial charge in [-0.15, -0.1) is 0 Å². The topological polar surface area (TPSA) is 118 Å². The van der Waals surface area contributed by atoms with E-state index in [0.29, 0.717) is 24.9 Å². The number of nitrogens with one attached hydrogen (secondary N) is 1. The minimum Gasteiger partial charge on any atom is -0.379 e. The SMILES string of the molecule is CC(C)N1C/C(=C\N=C(N)C(=O)NC2(c3ccc(-c4cncn(C5CC(F)C5)c4=O)cc3)CC2)C=N1. The van der Waals surface area contributed by atoms with Crippen LogP contribution in [0.5, 0.6) is 0 Å². The van der Waals surface area contributed by atoms with E-state index < -0.39 is 17.6 Å². The predicted molar refractivity (Wildman–Crippen MR) is 136 cm³/mol. The summed E-state index contributed by atoms with van der Waals surface area (Å²) in [6.45, 7) is 4.73. The summed E-state index contributed by atoms with van der Waals surface area (Å²) >= 11 is 0. The molecule has 0 atom stereocenters. The summed E-state index contributed by atoms with van der Waals surface area (Å²) in [6.07, 6.45) is 7.73. The monoisotopic (exact) mass is 491 g/mol. The number of benzene rings is 1. The Morgan fingerprint density at radius 2 is 2.00 bits per heavy atom. The number of hydrazone groups is 1. The average molecular weight is 492 g/mol. The lowest BCUT2D eigenvalue weighted by Gasteiger charge is -2.31. The van der Waals surface area contributed by atoms with Gasteiger partial charge in [-0.1, -0.05) is 24.3 Å². The number of aliphatic imine (C=N–C) groups is 1. The summed E-state index contributed by atoms with van der Waals surface area (Å²) in [5, 5.41) is 9.24. The Kier molecular flexibility index (Phi) is 6.19. The molecule has 2 fully saturated rings. The second-order valence-corrected chi connectivity index (χ2v) is 10.0. The Balaban J connectivity index is 1.26. The molecule has 5 rings (SSSR count). The second kappa shape index (κ2) is 9.33. The summed E-state index contributed by atoms with van der Waals surface area (Å²) in [5.74, 6) is -0.532. The highest BCUT2D eigenvalue weighted by atomic mass is 19.1. The van der Waals surface area contributed by atoms with E-state index >= 15 is 0 Å². The molecule has 0 saturated heterocycles. The van der Waals surface area contributed by atoms with Gasteiger partial charge in [0.2, 0.25) is 0 Å². The molecule has 2 aliphatic carbocycles. The number of nitrogens with zero attached hydrogens (tertiary/aromatic N) is 5. The number of amides is 1. The van der Waals surface area contributed by atoms with Crippen LogP contribution in [0.3, 0.4) is 0 Å². The average Bonchev–Trinajstić information content (AvgIpc) is 3.46. The normalized spacial score (nSPS) is 23.7. The van der Waals surface area contributed by atoms with Gasteiger partial charge in [-0.05, 0) is 50.7 Å². The molecule has 10 heteroatoms. The van der Waals surface area contributed by atoms with Crippen LogP contribution < -0.4 is 16.6 Å². The van der Waals surface area contributed by atoms with Gasteiger partial charge >= 0.3 is 0 Å². The molecule has 3 N–H and O–H groups in total. The molecule has 1 aromatic heterocycles. The fourth-order valence-electron chi connectivity index (χ4n) is 4.51. The van der Waals surface area contributed by atoms with Crippen LogP contribution in [0.15, 0.2) is 63.5 Å². The summed E-state index contributed by atoms with van der Waals surface area (Å²) < 4.78 is 14.8. The van der Waals surface area contributed by atoms with Gasteiger partial charge in [0.15, 0.2) is 5.84 Å². The van der Waals surface area contributed by atoms with Gasteiger partial charge in [-0.2, -0.15) is 5.10 Å². The van der Waals surface area contributed by atoms with Crippen LogP contribution in [0, 0.1) is 0 Å². The number of carbonyl (C=O) groups excluding carboxylic acids is 1. The van der Waals surface area contributed by atoms with Gasteiger partial charge in [-0.3, -0.25) is 19.2 Å². The number of nitrogens with two attached hydrogens (primary N) is 1. The molecule has 36 heavy (non-hydrogen) atoms. The molecule has 2 aromatic rings. The number of alkyl halides is 1. The van der Waals surface area contributed by atoms with Gasteiger partial charge in [0.1, 0.15) is 6.17 Å². The van der Waals surface area contributed by atoms with Gasteiger partial charge in [0, 0.05) is 30.1 Å². The molecule has 1 aromatic carbocycles. The van der Waals surface area contributed by atoms with Crippen molar-refractivity contribution in [2.24, 2.45) is 15.8 Å². The fourth-order valence-corrected chi connectivity index (χ4v) is 4.51. The van der Waals surface area contributed by atoms with Crippen LogP contribution in [0.25, 0.3) is 11.1 Å². The summed E-state index contributed by atoms with van der Waals surface area (Å²) in [6, 6.07) is 7.66. The molecule has 0 bridgehead atoms. The third-order valence-electron chi connectivity index (χ3n) is 7.07. The highest BCUT2D eigenvalue weighted by molar-refractivity contribution is 6.37. The number of hydrogen-bond donors (Lipinski definition) is 2. The van der Waals surface area contributed by atoms with Gasteiger partial charge in [0.25, 0.3) is 11.5 Å². The molecule has 2 saturated carbocycles. The Hall–Kier alpha value is -3.82. The van der Waals surface area contributed by atoms with E-state index in [1.165, 1.54) is 17.1 Å². The van der Waals surface area contributed by atoms with Crippen LogP contribution in [0.1, 0.15) is 51.1 Å². The third kappa shape index (κ3) is 4.67. The van der Waals surface area contributed by atoms with E-state index in [0.717, 1.165) is 29.5 Å². The zero-order chi connectivity index (χ0) is 25.4. The molecule has 0 unspecified atom stereocenters. The lowest BCUT2D eigenvalue weighted by Crippen LogP contribution is -2.42. The summed E-state index contributed by atoms with van der Waals surface area (Å²) in [5.41, 5.74) is 8.29. The smallest absolute Gasteiger partial charge is 0.287 e. The summed E-state index contributed by atoms with van der Waals surface area (Å²) in [4.78, 5) is 34.0. The number of halogens is 1. The molecule has 0 spiro atoms. The lowest BCUT2D eigenvalue weighted by atomic mass is 9.90. The number of carbonyl (C=O) groups is 1. The van der Waals surface area contributed by atoms with E-state index in [1.54, 1.807) is 12.4 Å². The molecule has 1 amide bonds. The first-order valence-electron chi connectivity index (χ1n) is 12.2. The maximum atomic E-state index is 13.3. The van der Waals surface area contributed by atoms with Crippen LogP contribution in [-0.4, -0.2) is 51.3 Å². The van der Waals surface area contributed by atoms with Crippen LogP contribution in [0.2, 0.25) is 0 Å².